The third-order valence-electron chi connectivity index (χ3n) is 2.07. The highest BCUT2D eigenvalue weighted by molar-refractivity contribution is 9.10. The lowest BCUT2D eigenvalue weighted by Crippen LogP contribution is -1.98. The molecule has 0 amide bonds. The van der Waals surface area contributed by atoms with Gasteiger partial charge in [0.1, 0.15) is 11.8 Å². The standard InChI is InChI=1S/C12H14BrNO/c1-2-3-4-7-15-12-6-5-11(13)8-10(12)9-14/h5-6,8H,2-4,7H2,1H3. The molecular weight excluding hydrogens is 254 g/mol. The lowest BCUT2D eigenvalue weighted by atomic mass is 10.2. The quantitative estimate of drug-likeness (QED) is 0.759. The summed E-state index contributed by atoms with van der Waals surface area (Å²) in [6, 6.07) is 7.61. The molecule has 2 nitrogen and oxygen atoms in total. The van der Waals surface area contributed by atoms with Crippen molar-refractivity contribution in [2.45, 2.75) is 26.2 Å². The van der Waals surface area contributed by atoms with Crippen molar-refractivity contribution in [2.75, 3.05) is 6.61 Å². The molecule has 0 aliphatic heterocycles. The van der Waals surface area contributed by atoms with Crippen LogP contribution in [0.1, 0.15) is 31.7 Å². The van der Waals surface area contributed by atoms with E-state index in [1.54, 1.807) is 6.07 Å². The Morgan fingerprint density at radius 2 is 2.20 bits per heavy atom. The summed E-state index contributed by atoms with van der Waals surface area (Å²) in [4.78, 5) is 0. The molecule has 0 aromatic heterocycles. The average molecular weight is 268 g/mol. The molecule has 0 aliphatic rings. The number of nitrogens with zero attached hydrogens (tertiary/aromatic N) is 1. The molecular formula is C12H14BrNO. The predicted molar refractivity (Wildman–Crippen MR) is 63.9 cm³/mol. The van der Waals surface area contributed by atoms with Crippen LogP contribution in [0.3, 0.4) is 0 Å². The topological polar surface area (TPSA) is 33.0 Å². The van der Waals surface area contributed by atoms with E-state index in [0.717, 1.165) is 10.9 Å². The van der Waals surface area contributed by atoms with Gasteiger partial charge < -0.3 is 4.74 Å². The lowest BCUT2D eigenvalue weighted by Gasteiger charge is -2.07. The van der Waals surface area contributed by atoms with Gasteiger partial charge in [-0.15, -0.1) is 0 Å². The van der Waals surface area contributed by atoms with Gasteiger partial charge in [0.15, 0.2) is 0 Å². The molecule has 0 spiro atoms. The van der Waals surface area contributed by atoms with Crippen molar-refractivity contribution in [1.82, 2.24) is 0 Å². The Hall–Kier alpha value is -1.01. The van der Waals surface area contributed by atoms with Crippen molar-refractivity contribution < 1.29 is 4.74 Å². The monoisotopic (exact) mass is 267 g/mol. The van der Waals surface area contributed by atoms with Crippen LogP contribution in [0.25, 0.3) is 0 Å². The summed E-state index contributed by atoms with van der Waals surface area (Å²) in [5, 5.41) is 8.89. The van der Waals surface area contributed by atoms with Gasteiger partial charge in [-0.25, -0.2) is 0 Å². The number of hydrogen-bond donors (Lipinski definition) is 0. The smallest absolute Gasteiger partial charge is 0.137 e. The zero-order valence-electron chi connectivity index (χ0n) is 8.79. The van der Waals surface area contributed by atoms with Crippen molar-refractivity contribution in [2.24, 2.45) is 0 Å². The summed E-state index contributed by atoms with van der Waals surface area (Å²) in [7, 11) is 0. The first-order valence-corrected chi connectivity index (χ1v) is 5.89. The first kappa shape index (κ1) is 12.1. The number of benzene rings is 1. The van der Waals surface area contributed by atoms with Crippen LogP contribution in [0.4, 0.5) is 0 Å². The SMILES string of the molecule is CCCCCOc1ccc(Br)cc1C#N. The fourth-order valence-electron chi connectivity index (χ4n) is 1.25. The highest BCUT2D eigenvalue weighted by Crippen LogP contribution is 2.22. The minimum absolute atomic E-state index is 0.584. The van der Waals surface area contributed by atoms with E-state index in [1.165, 1.54) is 12.8 Å². The van der Waals surface area contributed by atoms with Gasteiger partial charge in [0, 0.05) is 4.47 Å². The van der Waals surface area contributed by atoms with Crippen molar-refractivity contribution in [1.29, 1.82) is 5.26 Å². The van der Waals surface area contributed by atoms with E-state index in [1.807, 2.05) is 12.1 Å². The molecule has 3 heteroatoms. The van der Waals surface area contributed by atoms with Gasteiger partial charge in [-0.3, -0.25) is 0 Å². The number of hydrogen-bond acceptors (Lipinski definition) is 2. The van der Waals surface area contributed by atoms with Gasteiger partial charge >= 0.3 is 0 Å². The molecule has 1 aromatic carbocycles. The summed E-state index contributed by atoms with van der Waals surface area (Å²) in [6.07, 6.45) is 3.38. The molecule has 1 aromatic rings. The van der Waals surface area contributed by atoms with E-state index in [2.05, 4.69) is 28.9 Å². The normalized spacial score (nSPS) is 9.67. The maximum atomic E-state index is 8.89. The molecule has 0 radical (unpaired) electrons. The van der Waals surface area contributed by atoms with Crippen molar-refractivity contribution in [3.05, 3.63) is 28.2 Å². The maximum absolute atomic E-state index is 8.89. The van der Waals surface area contributed by atoms with Crippen LogP contribution in [-0.2, 0) is 0 Å². The molecule has 15 heavy (non-hydrogen) atoms. The average Bonchev–Trinajstić information content (AvgIpc) is 2.26. The fourth-order valence-corrected chi connectivity index (χ4v) is 1.61. The molecule has 80 valence electrons. The van der Waals surface area contributed by atoms with Crippen LogP contribution in [0.2, 0.25) is 0 Å². The third-order valence-corrected chi connectivity index (χ3v) is 2.56. The zero-order chi connectivity index (χ0) is 11.1. The molecule has 0 saturated heterocycles. The predicted octanol–water partition coefficient (Wildman–Crippen LogP) is 3.89. The van der Waals surface area contributed by atoms with Gasteiger partial charge in [-0.1, -0.05) is 35.7 Å². The number of halogens is 1. The van der Waals surface area contributed by atoms with E-state index in [9.17, 15) is 0 Å². The lowest BCUT2D eigenvalue weighted by molar-refractivity contribution is 0.305. The number of ether oxygens (including phenoxy) is 1. The molecule has 0 N–H and O–H groups in total. The highest BCUT2D eigenvalue weighted by atomic mass is 79.9. The first-order valence-electron chi connectivity index (χ1n) is 5.10. The van der Waals surface area contributed by atoms with Gasteiger partial charge in [0.05, 0.1) is 12.2 Å². The Bertz CT molecular complexity index is 357. The minimum atomic E-state index is 0.584. The number of nitriles is 1. The van der Waals surface area contributed by atoms with Crippen molar-refractivity contribution in [3.8, 4) is 11.8 Å². The van der Waals surface area contributed by atoms with Crippen LogP contribution < -0.4 is 4.74 Å². The van der Waals surface area contributed by atoms with Crippen LogP contribution in [-0.4, -0.2) is 6.61 Å². The molecule has 0 atom stereocenters. The second-order valence-corrected chi connectivity index (χ2v) is 4.22. The molecule has 0 fully saturated rings. The van der Waals surface area contributed by atoms with Gasteiger partial charge in [-0.05, 0) is 24.6 Å². The van der Waals surface area contributed by atoms with Crippen LogP contribution >= 0.6 is 15.9 Å². The van der Waals surface area contributed by atoms with Crippen LogP contribution in [0.15, 0.2) is 22.7 Å². The second kappa shape index (κ2) is 6.47. The fraction of sp³-hybridized carbons (Fsp3) is 0.417. The zero-order valence-corrected chi connectivity index (χ0v) is 10.4. The Balaban J connectivity index is 2.57. The van der Waals surface area contributed by atoms with E-state index >= 15 is 0 Å². The van der Waals surface area contributed by atoms with Gasteiger partial charge in [-0.2, -0.15) is 5.26 Å². The Morgan fingerprint density at radius 3 is 2.87 bits per heavy atom. The summed E-state index contributed by atoms with van der Waals surface area (Å²) in [5.41, 5.74) is 0.584. The van der Waals surface area contributed by atoms with Crippen molar-refractivity contribution in [3.63, 3.8) is 0 Å². The molecule has 1 rings (SSSR count). The number of rotatable bonds is 5. The summed E-state index contributed by atoms with van der Waals surface area (Å²) >= 11 is 3.32. The summed E-state index contributed by atoms with van der Waals surface area (Å²) < 4.78 is 6.44. The first-order chi connectivity index (χ1) is 7.27. The van der Waals surface area contributed by atoms with Crippen molar-refractivity contribution >= 4 is 15.9 Å². The Kier molecular flexibility index (Phi) is 5.20. The molecule has 0 bridgehead atoms. The van der Waals surface area contributed by atoms with Gasteiger partial charge in [0.2, 0.25) is 0 Å². The van der Waals surface area contributed by atoms with E-state index in [0.29, 0.717) is 17.9 Å². The molecule has 0 saturated carbocycles. The highest BCUT2D eigenvalue weighted by Gasteiger charge is 2.03. The van der Waals surface area contributed by atoms with E-state index in [-0.39, 0.29) is 0 Å². The summed E-state index contributed by atoms with van der Waals surface area (Å²) in [6.45, 7) is 2.84. The Morgan fingerprint density at radius 1 is 1.40 bits per heavy atom. The second-order valence-electron chi connectivity index (χ2n) is 3.31. The van der Waals surface area contributed by atoms with E-state index < -0.39 is 0 Å². The molecule has 0 unspecified atom stereocenters. The maximum Gasteiger partial charge on any atom is 0.137 e. The molecule has 0 heterocycles. The minimum Gasteiger partial charge on any atom is -0.492 e. The third kappa shape index (κ3) is 3.93. The van der Waals surface area contributed by atoms with Crippen LogP contribution in [0.5, 0.6) is 5.75 Å². The molecule has 0 aliphatic carbocycles. The van der Waals surface area contributed by atoms with Gasteiger partial charge in [0.25, 0.3) is 0 Å². The summed E-state index contributed by atoms with van der Waals surface area (Å²) in [5.74, 6) is 0.678. The Labute approximate surface area is 99.0 Å². The van der Waals surface area contributed by atoms with Crippen LogP contribution in [0, 0.1) is 11.3 Å². The largest absolute Gasteiger partial charge is 0.492 e. The van der Waals surface area contributed by atoms with E-state index in [4.69, 9.17) is 10.00 Å². The number of unbranched alkanes of at least 4 members (excludes halogenated alkanes) is 2.